The van der Waals surface area contributed by atoms with Crippen molar-refractivity contribution < 1.29 is 0 Å². The average Bonchev–Trinajstić information content (AvgIpc) is 2.37. The van der Waals surface area contributed by atoms with Crippen molar-refractivity contribution in [1.29, 1.82) is 0 Å². The first-order valence-electron chi connectivity index (χ1n) is 10.4. The third-order valence-corrected chi connectivity index (χ3v) is 4.35. The number of hydrogen-bond acceptors (Lipinski definition) is 2. The highest BCUT2D eigenvalue weighted by Gasteiger charge is 2.21. The van der Waals surface area contributed by atoms with Crippen LogP contribution in [0.3, 0.4) is 0 Å². The SMILES string of the molecule is CCCCN1CC(=CC(C)(C)C)C1.CCCN1CC(=CC(C)(C)C)C1. The first kappa shape index (κ1) is 22.4. The Morgan fingerprint density at radius 3 is 1.40 bits per heavy atom. The van der Waals surface area contributed by atoms with Gasteiger partial charge in [-0.15, -0.1) is 0 Å². The molecule has 2 aliphatic heterocycles. The Balaban J connectivity index is 0.000000251. The summed E-state index contributed by atoms with van der Waals surface area (Å²) in [7, 11) is 0. The monoisotopic (exact) mass is 348 g/mol. The van der Waals surface area contributed by atoms with Gasteiger partial charge in [-0.2, -0.15) is 0 Å². The zero-order chi connectivity index (χ0) is 19.1. The van der Waals surface area contributed by atoms with E-state index < -0.39 is 0 Å². The minimum absolute atomic E-state index is 0.367. The largest absolute Gasteiger partial charge is 0.295 e. The molecule has 25 heavy (non-hydrogen) atoms. The molecule has 2 heterocycles. The molecule has 0 bridgehead atoms. The van der Waals surface area contributed by atoms with Crippen molar-refractivity contribution in [3.8, 4) is 0 Å². The summed E-state index contributed by atoms with van der Waals surface area (Å²) in [5.41, 5.74) is 3.99. The van der Waals surface area contributed by atoms with Gasteiger partial charge in [-0.3, -0.25) is 9.80 Å². The van der Waals surface area contributed by atoms with Gasteiger partial charge >= 0.3 is 0 Å². The molecule has 2 nitrogen and oxygen atoms in total. The molecule has 0 aromatic heterocycles. The van der Waals surface area contributed by atoms with Crippen molar-refractivity contribution in [2.45, 2.75) is 74.7 Å². The van der Waals surface area contributed by atoms with Crippen molar-refractivity contribution in [2.75, 3.05) is 39.3 Å². The van der Waals surface area contributed by atoms with Gasteiger partial charge < -0.3 is 0 Å². The fourth-order valence-corrected chi connectivity index (χ4v) is 3.48. The number of unbranched alkanes of at least 4 members (excludes halogenated alkanes) is 1. The van der Waals surface area contributed by atoms with E-state index in [9.17, 15) is 0 Å². The van der Waals surface area contributed by atoms with Crippen LogP contribution in [0.2, 0.25) is 0 Å². The van der Waals surface area contributed by atoms with E-state index in [1.54, 1.807) is 11.1 Å². The summed E-state index contributed by atoms with van der Waals surface area (Å²) in [6.45, 7) is 25.5. The quantitative estimate of drug-likeness (QED) is 0.583. The van der Waals surface area contributed by atoms with Gasteiger partial charge in [0, 0.05) is 26.2 Å². The molecule has 146 valence electrons. The molecule has 0 saturated carbocycles. The maximum atomic E-state index is 2.53. The lowest BCUT2D eigenvalue weighted by Gasteiger charge is -2.35. The Hall–Kier alpha value is -0.600. The molecule has 0 aromatic rings. The van der Waals surface area contributed by atoms with E-state index in [1.165, 1.54) is 58.5 Å². The number of hydrogen-bond donors (Lipinski definition) is 0. The Kier molecular flexibility index (Phi) is 8.91. The van der Waals surface area contributed by atoms with Crippen LogP contribution in [0.1, 0.15) is 74.7 Å². The van der Waals surface area contributed by atoms with Gasteiger partial charge in [-0.25, -0.2) is 0 Å². The van der Waals surface area contributed by atoms with Crippen molar-refractivity contribution >= 4 is 0 Å². The minimum atomic E-state index is 0.367. The molecule has 0 aromatic carbocycles. The molecule has 2 rings (SSSR count). The van der Waals surface area contributed by atoms with Gasteiger partial charge in [0.25, 0.3) is 0 Å². The summed E-state index contributed by atoms with van der Waals surface area (Å²) >= 11 is 0. The van der Waals surface area contributed by atoms with Crippen molar-refractivity contribution in [3.05, 3.63) is 23.3 Å². The van der Waals surface area contributed by atoms with Crippen LogP contribution in [-0.4, -0.2) is 49.1 Å². The highest BCUT2D eigenvalue weighted by molar-refractivity contribution is 5.18. The maximum absolute atomic E-state index is 2.53. The van der Waals surface area contributed by atoms with Crippen LogP contribution in [0.25, 0.3) is 0 Å². The smallest absolute Gasteiger partial charge is 0.0209 e. The average molecular weight is 349 g/mol. The zero-order valence-corrected chi connectivity index (χ0v) is 18.4. The summed E-state index contributed by atoms with van der Waals surface area (Å²) in [6, 6.07) is 0. The number of allylic oxidation sites excluding steroid dienone is 2. The van der Waals surface area contributed by atoms with Crippen LogP contribution in [0.15, 0.2) is 23.3 Å². The summed E-state index contributed by atoms with van der Waals surface area (Å²) in [5.74, 6) is 0. The number of nitrogens with zero attached hydrogens (tertiary/aromatic N) is 2. The highest BCUT2D eigenvalue weighted by Crippen LogP contribution is 2.24. The van der Waals surface area contributed by atoms with Crippen LogP contribution in [0.5, 0.6) is 0 Å². The van der Waals surface area contributed by atoms with E-state index in [-0.39, 0.29) is 0 Å². The second-order valence-corrected chi connectivity index (χ2v) is 10.1. The normalized spacial score (nSPS) is 18.9. The topological polar surface area (TPSA) is 6.48 Å². The molecule has 0 unspecified atom stereocenters. The van der Waals surface area contributed by atoms with E-state index in [4.69, 9.17) is 0 Å². The highest BCUT2D eigenvalue weighted by atomic mass is 15.2. The molecule has 0 aliphatic carbocycles. The standard InChI is InChI=1S/C12H23N.C11H21N/c1-5-6-7-13-9-11(10-13)8-12(2,3)4;1-5-6-12-8-10(9-12)7-11(2,3)4/h8H,5-7,9-10H2,1-4H3;7H,5-6,8-9H2,1-4H3. The van der Waals surface area contributed by atoms with Gasteiger partial charge in [0.15, 0.2) is 0 Å². The molecular weight excluding hydrogens is 304 g/mol. The summed E-state index contributed by atoms with van der Waals surface area (Å²) in [6.07, 6.45) is 8.79. The predicted octanol–water partition coefficient (Wildman–Crippen LogP) is 5.76. The lowest BCUT2D eigenvalue weighted by Crippen LogP contribution is -2.41. The van der Waals surface area contributed by atoms with Crippen LogP contribution in [0, 0.1) is 10.8 Å². The van der Waals surface area contributed by atoms with Crippen LogP contribution >= 0.6 is 0 Å². The number of likely N-dealkylation sites (tertiary alicyclic amines) is 2. The third-order valence-electron chi connectivity index (χ3n) is 4.35. The molecule has 2 fully saturated rings. The van der Waals surface area contributed by atoms with E-state index in [0.29, 0.717) is 10.8 Å². The Morgan fingerprint density at radius 1 is 0.680 bits per heavy atom. The van der Waals surface area contributed by atoms with Crippen molar-refractivity contribution in [1.82, 2.24) is 9.80 Å². The summed E-state index contributed by atoms with van der Waals surface area (Å²) in [5, 5.41) is 0. The molecule has 2 aliphatic rings. The first-order valence-corrected chi connectivity index (χ1v) is 10.4. The Morgan fingerprint density at radius 2 is 1.08 bits per heavy atom. The van der Waals surface area contributed by atoms with Gasteiger partial charge in [-0.05, 0) is 47.9 Å². The minimum Gasteiger partial charge on any atom is -0.295 e. The van der Waals surface area contributed by atoms with Crippen molar-refractivity contribution in [3.63, 3.8) is 0 Å². The van der Waals surface area contributed by atoms with Crippen molar-refractivity contribution in [2.24, 2.45) is 10.8 Å². The molecule has 0 N–H and O–H groups in total. The van der Waals surface area contributed by atoms with Gasteiger partial charge in [0.1, 0.15) is 0 Å². The predicted molar refractivity (Wildman–Crippen MR) is 113 cm³/mol. The fourth-order valence-electron chi connectivity index (χ4n) is 3.48. The fraction of sp³-hybridized carbons (Fsp3) is 0.826. The van der Waals surface area contributed by atoms with E-state index in [1.807, 2.05) is 0 Å². The van der Waals surface area contributed by atoms with E-state index >= 15 is 0 Å². The molecular formula is C23H44N2. The summed E-state index contributed by atoms with van der Waals surface area (Å²) < 4.78 is 0. The van der Waals surface area contributed by atoms with Gasteiger partial charge in [0.2, 0.25) is 0 Å². The second kappa shape index (κ2) is 9.92. The van der Waals surface area contributed by atoms with Crippen LogP contribution in [0.4, 0.5) is 0 Å². The molecule has 2 saturated heterocycles. The Bertz CT molecular complexity index is 430. The number of rotatable bonds is 5. The zero-order valence-electron chi connectivity index (χ0n) is 18.4. The van der Waals surface area contributed by atoms with E-state index in [0.717, 1.165) is 0 Å². The molecule has 0 spiro atoms. The van der Waals surface area contributed by atoms with E-state index in [2.05, 4.69) is 77.3 Å². The van der Waals surface area contributed by atoms with Gasteiger partial charge in [0.05, 0.1) is 0 Å². The Labute approximate surface area is 158 Å². The molecule has 0 amide bonds. The molecule has 2 heteroatoms. The molecule has 0 atom stereocenters. The second-order valence-electron chi connectivity index (χ2n) is 10.1. The molecule has 0 radical (unpaired) electrons. The maximum Gasteiger partial charge on any atom is 0.0209 e. The van der Waals surface area contributed by atoms with Crippen LogP contribution in [-0.2, 0) is 0 Å². The van der Waals surface area contributed by atoms with Crippen LogP contribution < -0.4 is 0 Å². The van der Waals surface area contributed by atoms with Gasteiger partial charge in [-0.1, -0.05) is 74.0 Å². The summed E-state index contributed by atoms with van der Waals surface area (Å²) in [4.78, 5) is 5.03. The lowest BCUT2D eigenvalue weighted by atomic mass is 9.91. The first-order chi connectivity index (χ1) is 11.5. The third kappa shape index (κ3) is 10.2. The lowest BCUT2D eigenvalue weighted by molar-refractivity contribution is 0.242.